The van der Waals surface area contributed by atoms with Gasteiger partial charge in [-0.25, -0.2) is 10.3 Å². The second kappa shape index (κ2) is 15.0. The van der Waals surface area contributed by atoms with Gasteiger partial charge < -0.3 is 30.5 Å². The van der Waals surface area contributed by atoms with E-state index >= 15 is 0 Å². The average molecular weight is 758 g/mol. The number of nitrogens with zero attached hydrogens (tertiary/aromatic N) is 5. The van der Waals surface area contributed by atoms with Crippen molar-refractivity contribution in [2.24, 2.45) is 22.0 Å². The zero-order valence-corrected chi connectivity index (χ0v) is 27.3. The maximum atomic E-state index is 12.7. The Bertz CT molecular complexity index is 2450. The number of carbonyl (C=O) groups is 2. The molecule has 0 amide bonds. The molecule has 0 saturated heterocycles. The minimum absolute atomic E-state index is 0.141. The molecule has 270 valence electrons. The van der Waals surface area contributed by atoms with Gasteiger partial charge in [-0.15, -0.1) is 10.2 Å². The van der Waals surface area contributed by atoms with Crippen LogP contribution >= 0.6 is 0 Å². The molecule has 1 aromatic heterocycles. The molecular weight excluding hydrogens is 734 g/mol. The number of phenolic OH excluding ortho intramolecular Hbond substituents is 1. The molecular formula is C27H23N11O12S2. The van der Waals surface area contributed by atoms with Gasteiger partial charge in [0.25, 0.3) is 0 Å². The third kappa shape index (κ3) is 8.33. The molecule has 0 fully saturated rings. The van der Waals surface area contributed by atoms with Crippen molar-refractivity contribution in [3.05, 3.63) is 72.3 Å². The first-order valence-electron chi connectivity index (χ1n) is 13.8. The molecule has 5 aromatic rings. The van der Waals surface area contributed by atoms with Crippen molar-refractivity contribution < 1.29 is 55.1 Å². The van der Waals surface area contributed by atoms with Gasteiger partial charge in [0.2, 0.25) is 11.9 Å². The molecule has 0 saturated carbocycles. The predicted octanol–water partition coefficient (Wildman–Crippen LogP) is 2.66. The molecule has 52 heavy (non-hydrogen) atoms. The van der Waals surface area contributed by atoms with E-state index in [4.69, 9.17) is 11.8 Å². The Morgan fingerprint density at radius 1 is 0.827 bits per heavy atom. The van der Waals surface area contributed by atoms with Crippen LogP contribution < -0.4 is 32.6 Å². The molecule has 5 rings (SSSR count). The number of fused-ring (bicyclic) bond motifs is 1. The van der Waals surface area contributed by atoms with Crippen LogP contribution in [0.4, 0.5) is 46.0 Å². The summed E-state index contributed by atoms with van der Waals surface area (Å²) in [6.07, 6.45) is 0. The van der Waals surface area contributed by atoms with Crippen molar-refractivity contribution in [3.63, 3.8) is 0 Å². The number of phenols is 1. The smallest absolute Gasteiger partial charge is 0.358 e. The summed E-state index contributed by atoms with van der Waals surface area (Å²) in [4.78, 5) is 42.7. The van der Waals surface area contributed by atoms with E-state index in [1.54, 1.807) is 16.9 Å². The first-order chi connectivity index (χ1) is 24.7. The van der Waals surface area contributed by atoms with Crippen LogP contribution in [0.1, 0.15) is 10.4 Å². The largest absolute Gasteiger partial charge is 0.505 e. The Morgan fingerprint density at radius 3 is 2.13 bits per heavy atom. The summed E-state index contributed by atoms with van der Waals surface area (Å²) in [5.74, 6) is 7.34. The highest BCUT2D eigenvalue weighted by molar-refractivity contribution is 7.87. The van der Waals surface area contributed by atoms with Crippen LogP contribution in [-0.4, -0.2) is 59.0 Å². The van der Waals surface area contributed by atoms with E-state index in [-0.39, 0.29) is 51.5 Å². The van der Waals surface area contributed by atoms with Gasteiger partial charge in [0, 0.05) is 5.39 Å². The fourth-order valence-electron chi connectivity index (χ4n) is 4.49. The normalized spacial score (nSPS) is 11.6. The van der Waals surface area contributed by atoms with Crippen LogP contribution in [-0.2, 0) is 39.2 Å². The molecule has 4 aromatic carbocycles. The molecule has 0 aliphatic heterocycles. The van der Waals surface area contributed by atoms with Crippen molar-refractivity contribution in [3.8, 4) is 11.8 Å². The van der Waals surface area contributed by atoms with Crippen molar-refractivity contribution in [1.29, 1.82) is 0 Å². The van der Waals surface area contributed by atoms with Crippen molar-refractivity contribution >= 4 is 89.7 Å². The van der Waals surface area contributed by atoms with E-state index in [9.17, 15) is 41.2 Å². The number of benzene rings is 4. The monoisotopic (exact) mass is 757 g/mol. The Kier molecular flexibility index (Phi) is 10.5. The van der Waals surface area contributed by atoms with Crippen LogP contribution in [0.15, 0.2) is 81.9 Å². The zero-order chi connectivity index (χ0) is 37.6. The number of nitrogens with one attached hydrogen (secondary N) is 4. The van der Waals surface area contributed by atoms with E-state index in [1.165, 1.54) is 36.4 Å². The number of hydrogen-bond donors (Lipinski definition) is 9. The lowest BCUT2D eigenvalue weighted by molar-refractivity contribution is -0.126. The van der Waals surface area contributed by atoms with Crippen LogP contribution in [0, 0.1) is 0 Å². The van der Waals surface area contributed by atoms with Gasteiger partial charge >= 0.3 is 38.9 Å². The fraction of sp³-hybridized carbons (Fsp3) is 0. The Hall–Kier alpha value is -6.77. The third-order valence-electron chi connectivity index (χ3n) is 6.56. The van der Waals surface area contributed by atoms with Crippen molar-refractivity contribution in [2.45, 2.75) is 4.90 Å². The molecule has 25 heteroatoms. The summed E-state index contributed by atoms with van der Waals surface area (Å²) in [7, 11) is -9.76. The molecule has 0 bridgehead atoms. The molecule has 0 atom stereocenters. The number of hydrogen-bond acceptors (Lipinski definition) is 21. The zero-order valence-electron chi connectivity index (χ0n) is 25.7. The van der Waals surface area contributed by atoms with E-state index in [2.05, 4.69) is 55.3 Å². The number of aromatic hydroxyl groups is 2. The lowest BCUT2D eigenvalue weighted by atomic mass is 10.0. The Morgan fingerprint density at radius 2 is 1.48 bits per heavy atom. The maximum Gasteiger partial charge on any atom is 0.358 e. The van der Waals surface area contributed by atoms with Crippen LogP contribution in [0.2, 0.25) is 0 Å². The Balaban J connectivity index is 1.69. The van der Waals surface area contributed by atoms with Gasteiger partial charge in [0.15, 0.2) is 11.4 Å². The predicted molar refractivity (Wildman–Crippen MR) is 179 cm³/mol. The van der Waals surface area contributed by atoms with Crippen LogP contribution in [0.3, 0.4) is 0 Å². The summed E-state index contributed by atoms with van der Waals surface area (Å²) in [5, 5.41) is 34.6. The lowest BCUT2D eigenvalue weighted by Crippen LogP contribution is -2.12. The molecule has 0 aliphatic carbocycles. The maximum absolute atomic E-state index is 12.7. The second-order valence-electron chi connectivity index (χ2n) is 9.83. The van der Waals surface area contributed by atoms with Gasteiger partial charge in [-0.05, 0) is 47.9 Å². The van der Waals surface area contributed by atoms with E-state index in [0.29, 0.717) is 0 Å². The topological polar surface area (TPSA) is 354 Å². The number of azo groups is 1. The number of para-hydroxylation sites is 2. The third-order valence-corrected chi connectivity index (χ3v) is 8.11. The summed E-state index contributed by atoms with van der Waals surface area (Å²) in [6.45, 7) is 0.141. The SMILES string of the molecule is NOC(=O)c1ccccc1N=Nc1c(NS(=O)(=O)O)cc2cc(S(=O)(=O)ON)cc(Nc3nc(O)nc(Nc4ccccc4NOC=O)n3)c2c1O. The first-order valence-corrected chi connectivity index (χ1v) is 16.7. The fourth-order valence-corrected chi connectivity index (χ4v) is 5.57. The Labute approximate surface area is 291 Å². The molecule has 11 N–H and O–H groups in total. The minimum atomic E-state index is -5.06. The number of nitrogens with two attached hydrogens (primary N) is 2. The summed E-state index contributed by atoms with van der Waals surface area (Å²) >= 11 is 0. The molecule has 0 aliphatic rings. The van der Waals surface area contributed by atoms with Gasteiger partial charge in [0.1, 0.15) is 5.69 Å². The number of aromatic nitrogens is 3. The molecule has 1 heterocycles. The quantitative estimate of drug-likeness (QED) is 0.0340. The highest BCUT2D eigenvalue weighted by Crippen LogP contribution is 2.47. The summed E-state index contributed by atoms with van der Waals surface area (Å²) in [6, 6.07) is 13.7. The minimum Gasteiger partial charge on any atom is -0.505 e. The highest BCUT2D eigenvalue weighted by atomic mass is 32.2. The standard InChI is InChI=1S/C27H23N11O12S2/c28-49-24(41)15-5-1-2-6-16(15)35-36-22-20(38-52(45,46)47)10-13-9-14(51(43,44)50-29)11-19(21(13)23(22)40)31-26-32-25(33-27(42)34-26)30-17-7-3-4-8-18(17)37-48-12-39/h1-12,37-38,40H,28-29H2,(H,45,46,47)(H3,30,31,32,33,34,42). The molecule has 23 nitrogen and oxygen atoms in total. The summed E-state index contributed by atoms with van der Waals surface area (Å²) < 4.78 is 64.7. The molecule has 0 radical (unpaired) electrons. The number of anilines is 6. The lowest BCUT2D eigenvalue weighted by Gasteiger charge is -2.16. The van der Waals surface area contributed by atoms with Gasteiger partial charge in [-0.3, -0.25) is 14.1 Å². The van der Waals surface area contributed by atoms with E-state index < -0.39 is 60.4 Å². The highest BCUT2D eigenvalue weighted by Gasteiger charge is 2.24. The average Bonchev–Trinajstić information content (AvgIpc) is 3.09. The van der Waals surface area contributed by atoms with Crippen molar-refractivity contribution in [1.82, 2.24) is 15.0 Å². The van der Waals surface area contributed by atoms with Gasteiger partial charge in [-0.2, -0.15) is 47.9 Å². The van der Waals surface area contributed by atoms with Crippen LogP contribution in [0.5, 0.6) is 11.8 Å². The number of carbonyl (C=O) groups excluding carboxylic acids is 2. The van der Waals surface area contributed by atoms with Gasteiger partial charge in [-0.1, -0.05) is 24.3 Å². The van der Waals surface area contributed by atoms with Crippen LogP contribution in [0.25, 0.3) is 10.8 Å². The van der Waals surface area contributed by atoms with Gasteiger partial charge in [0.05, 0.1) is 33.2 Å². The number of rotatable bonds is 14. The second-order valence-corrected chi connectivity index (χ2v) is 12.6. The van der Waals surface area contributed by atoms with E-state index in [1.807, 2.05) is 0 Å². The van der Waals surface area contributed by atoms with E-state index in [0.717, 1.165) is 18.2 Å². The van der Waals surface area contributed by atoms with Crippen molar-refractivity contribution in [2.75, 3.05) is 20.8 Å². The summed E-state index contributed by atoms with van der Waals surface area (Å²) in [5.41, 5.74) is 0.944. The molecule has 0 spiro atoms. The first kappa shape index (κ1) is 36.5. The molecule has 0 unspecified atom stereocenters.